The molecule has 2 N–H and O–H groups in total. The molecule has 3 nitrogen and oxygen atoms in total. The lowest BCUT2D eigenvalue weighted by Crippen LogP contribution is -2.30. The number of benzene rings is 1. The van der Waals surface area contributed by atoms with Crippen molar-refractivity contribution in [2.45, 2.75) is 39.0 Å². The topological polar surface area (TPSA) is 41.1 Å². The van der Waals surface area contributed by atoms with E-state index in [2.05, 4.69) is 16.7 Å². The van der Waals surface area contributed by atoms with Gasteiger partial charge in [-0.2, -0.15) is 0 Å². The molecule has 2 amide bonds. The second-order valence-corrected chi connectivity index (χ2v) is 5.20. The minimum atomic E-state index is -0.349. The number of hydrogen-bond acceptors (Lipinski definition) is 1. The summed E-state index contributed by atoms with van der Waals surface area (Å²) in [5, 5.41) is 5.49. The fourth-order valence-electron chi connectivity index (χ4n) is 2.36. The molecule has 0 aromatic heterocycles. The highest BCUT2D eigenvalue weighted by atomic mass is 19.1. The Morgan fingerprint density at radius 3 is 2.95 bits per heavy atom. The van der Waals surface area contributed by atoms with E-state index in [9.17, 15) is 9.18 Å². The molecule has 1 aromatic rings. The summed E-state index contributed by atoms with van der Waals surface area (Å²) in [6, 6.07) is 4.08. The molecule has 0 saturated heterocycles. The summed E-state index contributed by atoms with van der Waals surface area (Å²) in [6.45, 7) is 2.45. The summed E-state index contributed by atoms with van der Waals surface area (Å²) in [6.07, 6.45) is 8.00. The van der Waals surface area contributed by atoms with Crippen molar-refractivity contribution < 1.29 is 9.18 Å². The van der Waals surface area contributed by atoms with E-state index in [1.54, 1.807) is 6.07 Å². The number of anilines is 1. The molecule has 0 saturated carbocycles. The first-order valence-corrected chi connectivity index (χ1v) is 7.14. The number of urea groups is 1. The first kappa shape index (κ1) is 14.6. The van der Waals surface area contributed by atoms with Gasteiger partial charge in [-0.05, 0) is 56.7 Å². The summed E-state index contributed by atoms with van der Waals surface area (Å²) < 4.78 is 13.1. The number of carbonyl (C=O) groups excluding carboxylic acids is 1. The lowest BCUT2D eigenvalue weighted by Gasteiger charge is -2.13. The molecule has 0 bridgehead atoms. The molecule has 0 unspecified atom stereocenters. The van der Waals surface area contributed by atoms with E-state index in [-0.39, 0.29) is 11.8 Å². The van der Waals surface area contributed by atoms with Crippen LogP contribution >= 0.6 is 0 Å². The van der Waals surface area contributed by atoms with Gasteiger partial charge in [0.25, 0.3) is 0 Å². The highest BCUT2D eigenvalue weighted by Gasteiger charge is 2.07. The van der Waals surface area contributed by atoms with E-state index in [1.807, 2.05) is 6.92 Å². The standard InChI is InChI=1S/C16H21FN2O/c1-12-7-8-14(17)11-15(12)19-16(20)18-10-9-13-5-3-2-4-6-13/h5,7-8,11H,2-4,6,9-10H2,1H3,(H2,18,19,20). The van der Waals surface area contributed by atoms with Gasteiger partial charge in [0, 0.05) is 12.2 Å². The summed E-state index contributed by atoms with van der Waals surface area (Å²) >= 11 is 0. The van der Waals surface area contributed by atoms with Crippen molar-refractivity contribution in [3.05, 3.63) is 41.2 Å². The zero-order valence-corrected chi connectivity index (χ0v) is 11.8. The maximum atomic E-state index is 13.1. The lowest BCUT2D eigenvalue weighted by atomic mass is 9.97. The van der Waals surface area contributed by atoms with Crippen LogP contribution in [0.4, 0.5) is 14.9 Å². The average molecular weight is 276 g/mol. The third-order valence-corrected chi connectivity index (χ3v) is 3.56. The predicted octanol–water partition coefficient (Wildman–Crippen LogP) is 4.15. The Balaban J connectivity index is 1.77. The van der Waals surface area contributed by atoms with Crippen LogP contribution in [0.1, 0.15) is 37.7 Å². The van der Waals surface area contributed by atoms with Gasteiger partial charge in [-0.15, -0.1) is 0 Å². The second-order valence-electron chi connectivity index (χ2n) is 5.20. The number of allylic oxidation sites excluding steroid dienone is 1. The van der Waals surface area contributed by atoms with E-state index >= 15 is 0 Å². The zero-order chi connectivity index (χ0) is 14.4. The number of carbonyl (C=O) groups is 1. The Kier molecular flexibility index (Phi) is 5.16. The maximum Gasteiger partial charge on any atom is 0.319 e. The monoisotopic (exact) mass is 276 g/mol. The first-order valence-electron chi connectivity index (χ1n) is 7.14. The quantitative estimate of drug-likeness (QED) is 0.797. The van der Waals surface area contributed by atoms with Crippen LogP contribution in [0.3, 0.4) is 0 Å². The Labute approximate surface area is 119 Å². The van der Waals surface area contributed by atoms with Crippen molar-refractivity contribution >= 4 is 11.7 Å². The zero-order valence-electron chi connectivity index (χ0n) is 11.8. The molecule has 0 spiro atoms. The van der Waals surface area contributed by atoms with E-state index in [4.69, 9.17) is 0 Å². The molecular weight excluding hydrogens is 255 g/mol. The summed E-state index contributed by atoms with van der Waals surface area (Å²) in [5.74, 6) is -0.349. The van der Waals surface area contributed by atoms with Crippen molar-refractivity contribution in [1.29, 1.82) is 0 Å². The third-order valence-electron chi connectivity index (χ3n) is 3.56. The minimum Gasteiger partial charge on any atom is -0.338 e. The number of aryl methyl sites for hydroxylation is 1. The van der Waals surface area contributed by atoms with Gasteiger partial charge < -0.3 is 10.6 Å². The number of nitrogens with one attached hydrogen (secondary N) is 2. The largest absolute Gasteiger partial charge is 0.338 e. The van der Waals surface area contributed by atoms with Crippen molar-refractivity contribution in [1.82, 2.24) is 5.32 Å². The van der Waals surface area contributed by atoms with Crippen molar-refractivity contribution in [3.63, 3.8) is 0 Å². The number of rotatable bonds is 4. The van der Waals surface area contributed by atoms with Crippen LogP contribution in [0.2, 0.25) is 0 Å². The molecule has 0 radical (unpaired) electrons. The molecule has 0 atom stereocenters. The molecule has 108 valence electrons. The molecule has 0 aliphatic heterocycles. The van der Waals surface area contributed by atoms with Crippen LogP contribution in [-0.2, 0) is 0 Å². The van der Waals surface area contributed by atoms with E-state index < -0.39 is 0 Å². The first-order chi connectivity index (χ1) is 9.65. The lowest BCUT2D eigenvalue weighted by molar-refractivity contribution is 0.252. The van der Waals surface area contributed by atoms with Crippen LogP contribution in [0, 0.1) is 12.7 Å². The van der Waals surface area contributed by atoms with Crippen LogP contribution in [0.25, 0.3) is 0 Å². The molecule has 2 rings (SSSR count). The summed E-state index contributed by atoms with van der Waals surface area (Å²) in [5.41, 5.74) is 2.79. The highest BCUT2D eigenvalue weighted by molar-refractivity contribution is 5.90. The van der Waals surface area contributed by atoms with E-state index in [0.717, 1.165) is 24.8 Å². The molecular formula is C16H21FN2O. The van der Waals surface area contributed by atoms with Crippen LogP contribution in [0.5, 0.6) is 0 Å². The SMILES string of the molecule is Cc1ccc(F)cc1NC(=O)NCCC1=CCCCC1. The van der Waals surface area contributed by atoms with Gasteiger partial charge in [-0.25, -0.2) is 9.18 Å². The van der Waals surface area contributed by atoms with Crippen LogP contribution in [0.15, 0.2) is 29.8 Å². The van der Waals surface area contributed by atoms with Gasteiger partial charge in [0.1, 0.15) is 5.82 Å². The van der Waals surface area contributed by atoms with Gasteiger partial charge >= 0.3 is 6.03 Å². The molecule has 20 heavy (non-hydrogen) atoms. The van der Waals surface area contributed by atoms with Gasteiger partial charge in [0.15, 0.2) is 0 Å². The Morgan fingerprint density at radius 2 is 2.20 bits per heavy atom. The van der Waals surface area contributed by atoms with Gasteiger partial charge in [-0.1, -0.05) is 17.7 Å². The fourth-order valence-corrected chi connectivity index (χ4v) is 2.36. The molecule has 0 heterocycles. The number of halogens is 1. The molecule has 1 aromatic carbocycles. The summed E-state index contributed by atoms with van der Waals surface area (Å²) in [7, 11) is 0. The van der Waals surface area contributed by atoms with Gasteiger partial charge in [0.2, 0.25) is 0 Å². The molecule has 0 fully saturated rings. The van der Waals surface area contributed by atoms with Crippen molar-refractivity contribution in [2.75, 3.05) is 11.9 Å². The smallest absolute Gasteiger partial charge is 0.319 e. The van der Waals surface area contributed by atoms with Crippen LogP contribution in [-0.4, -0.2) is 12.6 Å². The van der Waals surface area contributed by atoms with Crippen LogP contribution < -0.4 is 10.6 Å². The molecule has 1 aliphatic carbocycles. The minimum absolute atomic E-state index is 0.282. The average Bonchev–Trinajstić information content (AvgIpc) is 2.44. The normalized spacial score (nSPS) is 14.6. The van der Waals surface area contributed by atoms with E-state index in [0.29, 0.717) is 12.2 Å². The van der Waals surface area contributed by atoms with E-state index in [1.165, 1.54) is 30.5 Å². The van der Waals surface area contributed by atoms with Crippen molar-refractivity contribution in [2.24, 2.45) is 0 Å². The molecule has 1 aliphatic rings. The number of hydrogen-bond donors (Lipinski definition) is 2. The third kappa shape index (κ3) is 4.37. The Morgan fingerprint density at radius 1 is 1.35 bits per heavy atom. The summed E-state index contributed by atoms with van der Waals surface area (Å²) in [4.78, 5) is 11.8. The maximum absolute atomic E-state index is 13.1. The second kappa shape index (κ2) is 7.08. The highest BCUT2D eigenvalue weighted by Crippen LogP contribution is 2.19. The predicted molar refractivity (Wildman–Crippen MR) is 79.3 cm³/mol. The molecule has 4 heteroatoms. The fraction of sp³-hybridized carbons (Fsp3) is 0.438. The Bertz CT molecular complexity index is 511. The number of amides is 2. The van der Waals surface area contributed by atoms with Gasteiger partial charge in [0.05, 0.1) is 0 Å². The van der Waals surface area contributed by atoms with Gasteiger partial charge in [-0.3, -0.25) is 0 Å². The van der Waals surface area contributed by atoms with Crippen molar-refractivity contribution in [3.8, 4) is 0 Å². The Hall–Kier alpha value is -1.84.